The summed E-state index contributed by atoms with van der Waals surface area (Å²) in [6.07, 6.45) is 4.06. The van der Waals surface area contributed by atoms with Crippen molar-refractivity contribution in [2.75, 3.05) is 32.8 Å². The van der Waals surface area contributed by atoms with Gasteiger partial charge in [-0.25, -0.2) is 0 Å². The average molecular weight is 424 g/mol. The summed E-state index contributed by atoms with van der Waals surface area (Å²) in [6.45, 7) is 5.27. The molecule has 6 nitrogen and oxygen atoms in total. The third kappa shape index (κ3) is 6.61. The highest BCUT2D eigenvalue weighted by Gasteiger charge is 2.33. The number of benzene rings is 1. The molecule has 162 valence electrons. The molecule has 7 heteroatoms. The molecule has 2 atom stereocenters. The fourth-order valence-corrected chi connectivity index (χ4v) is 4.24. The molecule has 2 aliphatic rings. The lowest BCUT2D eigenvalue weighted by molar-refractivity contribution is -0.142. The predicted octanol–water partition coefficient (Wildman–Crippen LogP) is 2.70. The first-order valence-corrected chi connectivity index (χ1v) is 10.5. The number of nitrogens with zero attached hydrogens (tertiary/aromatic N) is 2. The lowest BCUT2D eigenvalue weighted by Crippen LogP contribution is -2.49. The minimum atomic E-state index is -0.0698. The summed E-state index contributed by atoms with van der Waals surface area (Å²) in [5.74, 6) is 1.50. The molecule has 0 saturated carbocycles. The molecule has 29 heavy (non-hydrogen) atoms. The number of ether oxygens (including phenoxy) is 1. The van der Waals surface area contributed by atoms with Crippen LogP contribution >= 0.6 is 12.4 Å². The molecule has 1 aromatic carbocycles. The molecule has 0 bridgehead atoms. The van der Waals surface area contributed by atoms with E-state index >= 15 is 0 Å². The minimum absolute atomic E-state index is 0. The van der Waals surface area contributed by atoms with Crippen LogP contribution in [0.5, 0.6) is 5.75 Å². The number of para-hydroxylation sites is 1. The van der Waals surface area contributed by atoms with Gasteiger partial charge in [0, 0.05) is 32.2 Å². The van der Waals surface area contributed by atoms with Crippen LogP contribution in [0.4, 0.5) is 0 Å². The van der Waals surface area contributed by atoms with Crippen LogP contribution in [-0.4, -0.2) is 60.4 Å². The van der Waals surface area contributed by atoms with Gasteiger partial charge in [-0.3, -0.25) is 9.59 Å². The highest BCUT2D eigenvalue weighted by atomic mass is 35.5. The number of halogens is 1. The number of rotatable bonds is 6. The highest BCUT2D eigenvalue weighted by Crippen LogP contribution is 2.24. The Balaban J connectivity index is 0.00000300. The summed E-state index contributed by atoms with van der Waals surface area (Å²) in [5, 5.41) is 0. The smallest absolute Gasteiger partial charge is 0.227 e. The second-order valence-corrected chi connectivity index (χ2v) is 8.11. The number of hydrogen-bond acceptors (Lipinski definition) is 4. The molecule has 2 aliphatic heterocycles. The fraction of sp³-hybridized carbons (Fsp3) is 0.636. The van der Waals surface area contributed by atoms with Crippen LogP contribution in [0.15, 0.2) is 30.3 Å². The average Bonchev–Trinajstić information content (AvgIpc) is 2.74. The van der Waals surface area contributed by atoms with Crippen molar-refractivity contribution in [1.29, 1.82) is 0 Å². The first-order valence-electron chi connectivity index (χ1n) is 10.5. The number of carbonyl (C=O) groups is 2. The number of amides is 2. The number of likely N-dealkylation sites (tertiary alicyclic amines) is 2. The molecule has 3 rings (SSSR count). The van der Waals surface area contributed by atoms with Crippen molar-refractivity contribution in [3.05, 3.63) is 30.3 Å². The summed E-state index contributed by atoms with van der Waals surface area (Å²) in [4.78, 5) is 29.3. The van der Waals surface area contributed by atoms with Crippen molar-refractivity contribution in [3.63, 3.8) is 0 Å². The monoisotopic (exact) mass is 423 g/mol. The Hall–Kier alpha value is -1.79. The van der Waals surface area contributed by atoms with E-state index in [1.165, 1.54) is 0 Å². The predicted molar refractivity (Wildman–Crippen MR) is 116 cm³/mol. The van der Waals surface area contributed by atoms with Crippen molar-refractivity contribution < 1.29 is 14.3 Å². The van der Waals surface area contributed by atoms with Crippen LogP contribution in [0.3, 0.4) is 0 Å². The van der Waals surface area contributed by atoms with Crippen LogP contribution in [0, 0.1) is 11.8 Å². The van der Waals surface area contributed by atoms with E-state index in [4.69, 9.17) is 10.5 Å². The zero-order valence-electron chi connectivity index (χ0n) is 17.3. The van der Waals surface area contributed by atoms with E-state index in [0.717, 1.165) is 51.1 Å². The number of carbonyl (C=O) groups excluding carboxylic acids is 2. The molecule has 0 spiro atoms. The summed E-state index contributed by atoms with van der Waals surface area (Å²) in [7, 11) is 0. The molecule has 2 heterocycles. The minimum Gasteiger partial charge on any atom is -0.493 e. The first kappa shape index (κ1) is 23.5. The van der Waals surface area contributed by atoms with Gasteiger partial charge in [0.1, 0.15) is 5.75 Å². The molecular weight excluding hydrogens is 390 g/mol. The van der Waals surface area contributed by atoms with Crippen molar-refractivity contribution >= 4 is 24.2 Å². The van der Waals surface area contributed by atoms with E-state index < -0.39 is 0 Å². The van der Waals surface area contributed by atoms with Crippen LogP contribution in [0.2, 0.25) is 0 Å². The molecular formula is C22H34ClN3O3. The maximum absolute atomic E-state index is 12.9. The Bertz CT molecular complexity index is 648. The molecule has 0 radical (unpaired) electrons. The number of piperidine rings is 2. The van der Waals surface area contributed by atoms with Crippen molar-refractivity contribution in [2.45, 2.75) is 45.1 Å². The Morgan fingerprint density at radius 3 is 2.45 bits per heavy atom. The fourth-order valence-electron chi connectivity index (χ4n) is 4.24. The summed E-state index contributed by atoms with van der Waals surface area (Å²) >= 11 is 0. The Morgan fingerprint density at radius 1 is 1.10 bits per heavy atom. The van der Waals surface area contributed by atoms with E-state index in [0.29, 0.717) is 25.5 Å². The summed E-state index contributed by atoms with van der Waals surface area (Å²) < 4.78 is 5.63. The number of hydrogen-bond donors (Lipinski definition) is 1. The maximum atomic E-state index is 12.9. The van der Waals surface area contributed by atoms with Gasteiger partial charge >= 0.3 is 0 Å². The normalized spacial score (nSPS) is 21.2. The largest absolute Gasteiger partial charge is 0.493 e. The second kappa shape index (κ2) is 11.4. The lowest BCUT2D eigenvalue weighted by atomic mass is 9.89. The second-order valence-electron chi connectivity index (χ2n) is 8.11. The molecule has 1 aromatic rings. The van der Waals surface area contributed by atoms with Gasteiger partial charge in [0.2, 0.25) is 11.8 Å². The lowest BCUT2D eigenvalue weighted by Gasteiger charge is -2.38. The van der Waals surface area contributed by atoms with Crippen LogP contribution < -0.4 is 10.5 Å². The maximum Gasteiger partial charge on any atom is 0.227 e. The zero-order valence-corrected chi connectivity index (χ0v) is 18.1. The van der Waals surface area contributed by atoms with Gasteiger partial charge in [0.05, 0.1) is 18.9 Å². The Kier molecular flexibility index (Phi) is 9.24. The molecule has 0 aromatic heterocycles. The van der Waals surface area contributed by atoms with E-state index in [1.807, 2.05) is 47.1 Å². The van der Waals surface area contributed by atoms with Gasteiger partial charge in [-0.2, -0.15) is 0 Å². The van der Waals surface area contributed by atoms with Crippen LogP contribution in [-0.2, 0) is 9.59 Å². The molecule has 0 aliphatic carbocycles. The van der Waals surface area contributed by atoms with E-state index in [-0.39, 0.29) is 36.2 Å². The molecule has 2 amide bonds. The zero-order chi connectivity index (χ0) is 19.9. The van der Waals surface area contributed by atoms with Gasteiger partial charge in [-0.15, -0.1) is 12.4 Å². The van der Waals surface area contributed by atoms with Crippen molar-refractivity contribution in [3.8, 4) is 5.75 Å². The molecule has 2 unspecified atom stereocenters. The highest BCUT2D eigenvalue weighted by molar-refractivity contribution is 5.85. The van der Waals surface area contributed by atoms with E-state index in [2.05, 4.69) is 0 Å². The van der Waals surface area contributed by atoms with Crippen LogP contribution in [0.1, 0.15) is 39.0 Å². The summed E-state index contributed by atoms with van der Waals surface area (Å²) in [5.41, 5.74) is 6.00. The van der Waals surface area contributed by atoms with Gasteiger partial charge in [-0.05, 0) is 50.7 Å². The third-order valence-electron chi connectivity index (χ3n) is 6.05. The van der Waals surface area contributed by atoms with Crippen molar-refractivity contribution in [2.24, 2.45) is 17.6 Å². The van der Waals surface area contributed by atoms with E-state index in [1.54, 1.807) is 0 Å². The number of nitrogens with two attached hydrogens (primary N) is 1. The Labute approximate surface area is 180 Å². The van der Waals surface area contributed by atoms with Gasteiger partial charge in [0.25, 0.3) is 0 Å². The topological polar surface area (TPSA) is 75.9 Å². The first-order chi connectivity index (χ1) is 13.5. The van der Waals surface area contributed by atoms with Crippen molar-refractivity contribution in [1.82, 2.24) is 9.80 Å². The SMILES string of the molecule is CC(N)C1CCN(C(=O)C2CCCN(C(=O)CCOc3ccccc3)C2)CC1.Cl. The van der Waals surface area contributed by atoms with Gasteiger partial charge in [0.15, 0.2) is 0 Å². The quantitative estimate of drug-likeness (QED) is 0.763. The molecule has 2 saturated heterocycles. The van der Waals surface area contributed by atoms with Crippen LogP contribution in [0.25, 0.3) is 0 Å². The molecule has 2 N–H and O–H groups in total. The summed E-state index contributed by atoms with van der Waals surface area (Å²) in [6, 6.07) is 9.72. The Morgan fingerprint density at radius 2 is 1.79 bits per heavy atom. The standard InChI is InChI=1S/C22H33N3O3.ClH/c1-17(23)18-9-13-24(14-10-18)22(27)19-6-5-12-25(16-19)21(26)11-15-28-20-7-3-2-4-8-20;/h2-4,7-8,17-19H,5-6,9-16,23H2,1H3;1H. The third-order valence-corrected chi connectivity index (χ3v) is 6.05. The van der Waals surface area contributed by atoms with Gasteiger partial charge < -0.3 is 20.3 Å². The molecule has 2 fully saturated rings. The van der Waals surface area contributed by atoms with E-state index in [9.17, 15) is 9.59 Å². The van der Waals surface area contributed by atoms with Gasteiger partial charge in [-0.1, -0.05) is 18.2 Å².